The molecule has 1 unspecified atom stereocenters. The number of carboxylic acid groups (broad SMARTS) is 1. The molecular weight excluding hydrogens is 298 g/mol. The highest BCUT2D eigenvalue weighted by atomic mass is 16.4. The van der Waals surface area contributed by atoms with Gasteiger partial charge in [0.15, 0.2) is 0 Å². The third kappa shape index (κ3) is 6.18. The molecule has 0 aromatic heterocycles. The van der Waals surface area contributed by atoms with Gasteiger partial charge in [-0.1, -0.05) is 58.3 Å². The van der Waals surface area contributed by atoms with Crippen LogP contribution in [0.5, 0.6) is 0 Å². The molecule has 0 amide bonds. The molecule has 1 aromatic carbocycles. The van der Waals surface area contributed by atoms with Crippen LogP contribution in [0, 0.1) is 5.92 Å². The van der Waals surface area contributed by atoms with E-state index in [2.05, 4.69) is 12.2 Å². The summed E-state index contributed by atoms with van der Waals surface area (Å²) in [5.74, 6) is -0.0922. The summed E-state index contributed by atoms with van der Waals surface area (Å²) in [4.78, 5) is 11.0. The van der Waals surface area contributed by atoms with Crippen LogP contribution in [0.15, 0.2) is 24.3 Å². The number of nitrogens with one attached hydrogen (secondary N) is 1. The molecule has 0 aliphatic heterocycles. The van der Waals surface area contributed by atoms with Crippen LogP contribution >= 0.6 is 0 Å². The largest absolute Gasteiger partial charge is 0.478 e. The molecule has 1 aromatic rings. The van der Waals surface area contributed by atoms with Crippen molar-refractivity contribution >= 4 is 11.7 Å². The Labute approximate surface area is 146 Å². The van der Waals surface area contributed by atoms with Crippen molar-refractivity contribution in [1.29, 1.82) is 0 Å². The lowest BCUT2D eigenvalue weighted by molar-refractivity contribution is 0.0697. The average Bonchev–Trinajstić information content (AvgIpc) is 2.61. The fourth-order valence-corrected chi connectivity index (χ4v) is 3.85. The van der Waals surface area contributed by atoms with E-state index in [9.17, 15) is 4.79 Å². The lowest BCUT2D eigenvalue weighted by Crippen LogP contribution is -2.30. The van der Waals surface area contributed by atoms with Crippen LogP contribution in [0.25, 0.3) is 0 Å². The Morgan fingerprint density at radius 2 is 1.75 bits per heavy atom. The fourth-order valence-electron chi connectivity index (χ4n) is 3.85. The Morgan fingerprint density at radius 1 is 1.08 bits per heavy atom. The van der Waals surface area contributed by atoms with E-state index in [0.717, 1.165) is 11.6 Å². The zero-order valence-corrected chi connectivity index (χ0v) is 15.1. The van der Waals surface area contributed by atoms with E-state index in [1.807, 2.05) is 12.1 Å². The fraction of sp³-hybridized carbons (Fsp3) is 0.667. The Bertz CT molecular complexity index is 477. The second kappa shape index (κ2) is 10.4. The predicted octanol–water partition coefficient (Wildman–Crippen LogP) is 6.11. The number of carboxylic acids is 1. The van der Waals surface area contributed by atoms with E-state index in [1.54, 1.807) is 12.1 Å². The first-order chi connectivity index (χ1) is 11.7. The lowest BCUT2D eigenvalue weighted by Gasteiger charge is -2.32. The number of hydrogen-bond donors (Lipinski definition) is 2. The number of unbranched alkanes of at least 4 members (excludes halogenated alkanes) is 4. The van der Waals surface area contributed by atoms with Crippen LogP contribution in [0.4, 0.5) is 5.69 Å². The Kier molecular flexibility index (Phi) is 8.14. The van der Waals surface area contributed by atoms with Gasteiger partial charge in [0.2, 0.25) is 0 Å². The molecule has 1 saturated carbocycles. The average molecular weight is 332 g/mol. The molecule has 1 aliphatic rings. The van der Waals surface area contributed by atoms with Crippen molar-refractivity contribution in [3.05, 3.63) is 29.8 Å². The SMILES string of the molecule is CCCCCCCC(Nc1ccc(C(=O)O)cc1)C1CCCCC1. The maximum atomic E-state index is 11.0. The van der Waals surface area contributed by atoms with Gasteiger partial charge in [0.05, 0.1) is 5.56 Å². The molecular formula is C21H33NO2. The van der Waals surface area contributed by atoms with Crippen molar-refractivity contribution in [2.75, 3.05) is 5.32 Å². The van der Waals surface area contributed by atoms with Crippen LogP contribution in [0.1, 0.15) is 87.9 Å². The van der Waals surface area contributed by atoms with Gasteiger partial charge in [0, 0.05) is 11.7 Å². The van der Waals surface area contributed by atoms with Crippen molar-refractivity contribution in [2.45, 2.75) is 83.6 Å². The molecule has 3 nitrogen and oxygen atoms in total. The normalized spacial score (nSPS) is 16.7. The van der Waals surface area contributed by atoms with E-state index in [0.29, 0.717) is 11.6 Å². The standard InChI is InChI=1S/C21H33NO2/c1-2-3-4-5-9-12-20(17-10-7-6-8-11-17)22-19-15-13-18(14-16-19)21(23)24/h13-17,20,22H,2-12H2,1H3,(H,23,24). The van der Waals surface area contributed by atoms with Crippen molar-refractivity contribution in [3.63, 3.8) is 0 Å². The first-order valence-corrected chi connectivity index (χ1v) is 9.80. The van der Waals surface area contributed by atoms with Gasteiger partial charge in [-0.3, -0.25) is 0 Å². The van der Waals surface area contributed by atoms with Gasteiger partial charge >= 0.3 is 5.97 Å². The summed E-state index contributed by atoms with van der Waals surface area (Å²) in [6.07, 6.45) is 14.6. The molecule has 1 atom stereocenters. The first kappa shape index (κ1) is 18.8. The zero-order chi connectivity index (χ0) is 17.2. The second-order valence-corrected chi connectivity index (χ2v) is 7.23. The molecule has 0 radical (unpaired) electrons. The molecule has 1 fully saturated rings. The number of carbonyl (C=O) groups is 1. The van der Waals surface area contributed by atoms with E-state index in [1.165, 1.54) is 70.6 Å². The predicted molar refractivity (Wildman–Crippen MR) is 101 cm³/mol. The van der Waals surface area contributed by atoms with Gasteiger partial charge in [-0.2, -0.15) is 0 Å². The molecule has 24 heavy (non-hydrogen) atoms. The Hall–Kier alpha value is -1.51. The third-order valence-electron chi connectivity index (χ3n) is 5.32. The van der Waals surface area contributed by atoms with Crippen LogP contribution < -0.4 is 5.32 Å². The van der Waals surface area contributed by atoms with Crippen molar-refractivity contribution < 1.29 is 9.90 Å². The molecule has 134 valence electrons. The summed E-state index contributed by atoms with van der Waals surface area (Å²) in [5, 5.41) is 12.7. The lowest BCUT2D eigenvalue weighted by atomic mass is 9.82. The number of hydrogen-bond acceptors (Lipinski definition) is 2. The van der Waals surface area contributed by atoms with Crippen LogP contribution in [-0.4, -0.2) is 17.1 Å². The number of benzene rings is 1. The molecule has 0 bridgehead atoms. The molecule has 2 N–H and O–H groups in total. The second-order valence-electron chi connectivity index (χ2n) is 7.23. The van der Waals surface area contributed by atoms with Gasteiger partial charge < -0.3 is 10.4 Å². The minimum atomic E-state index is -0.860. The van der Waals surface area contributed by atoms with E-state index in [-0.39, 0.29) is 0 Å². The van der Waals surface area contributed by atoms with Gasteiger partial charge in [-0.15, -0.1) is 0 Å². The number of anilines is 1. The molecule has 2 rings (SSSR count). The molecule has 3 heteroatoms. The summed E-state index contributed by atoms with van der Waals surface area (Å²) in [6.45, 7) is 2.26. The molecule has 0 heterocycles. The highest BCUT2D eigenvalue weighted by molar-refractivity contribution is 5.88. The summed E-state index contributed by atoms with van der Waals surface area (Å²) in [7, 11) is 0. The first-order valence-electron chi connectivity index (χ1n) is 9.80. The molecule has 1 aliphatic carbocycles. The monoisotopic (exact) mass is 331 g/mol. The van der Waals surface area contributed by atoms with Crippen molar-refractivity contribution in [2.24, 2.45) is 5.92 Å². The summed E-state index contributed by atoms with van der Waals surface area (Å²) in [6, 6.07) is 7.75. The van der Waals surface area contributed by atoms with Gasteiger partial charge in [0.1, 0.15) is 0 Å². The van der Waals surface area contributed by atoms with Gasteiger partial charge in [-0.05, 0) is 49.4 Å². The van der Waals surface area contributed by atoms with Gasteiger partial charge in [0.25, 0.3) is 0 Å². The zero-order valence-electron chi connectivity index (χ0n) is 15.1. The van der Waals surface area contributed by atoms with Crippen LogP contribution in [0.3, 0.4) is 0 Å². The Morgan fingerprint density at radius 3 is 2.38 bits per heavy atom. The smallest absolute Gasteiger partial charge is 0.335 e. The van der Waals surface area contributed by atoms with Gasteiger partial charge in [-0.25, -0.2) is 4.79 Å². The quantitative estimate of drug-likeness (QED) is 0.509. The number of rotatable bonds is 10. The third-order valence-corrected chi connectivity index (χ3v) is 5.32. The van der Waals surface area contributed by atoms with E-state index in [4.69, 9.17) is 5.11 Å². The van der Waals surface area contributed by atoms with Crippen LogP contribution in [0.2, 0.25) is 0 Å². The van der Waals surface area contributed by atoms with Crippen molar-refractivity contribution in [1.82, 2.24) is 0 Å². The van der Waals surface area contributed by atoms with Crippen molar-refractivity contribution in [3.8, 4) is 0 Å². The Balaban J connectivity index is 1.92. The minimum Gasteiger partial charge on any atom is -0.478 e. The minimum absolute atomic E-state index is 0.356. The highest BCUT2D eigenvalue weighted by Crippen LogP contribution is 2.30. The van der Waals surface area contributed by atoms with Crippen LogP contribution in [-0.2, 0) is 0 Å². The highest BCUT2D eigenvalue weighted by Gasteiger charge is 2.23. The topological polar surface area (TPSA) is 49.3 Å². The maximum Gasteiger partial charge on any atom is 0.335 e. The summed E-state index contributed by atoms with van der Waals surface area (Å²) in [5.41, 5.74) is 1.42. The molecule has 0 spiro atoms. The van der Waals surface area contributed by atoms with E-state index < -0.39 is 5.97 Å². The summed E-state index contributed by atoms with van der Waals surface area (Å²) >= 11 is 0. The number of aromatic carboxylic acids is 1. The molecule has 0 saturated heterocycles. The maximum absolute atomic E-state index is 11.0. The summed E-state index contributed by atoms with van der Waals surface area (Å²) < 4.78 is 0. The van der Waals surface area contributed by atoms with E-state index >= 15 is 0 Å².